The number of hydrogen-bond acceptors (Lipinski definition) is 6. The van der Waals surface area contributed by atoms with Crippen molar-refractivity contribution in [1.82, 2.24) is 20.2 Å². The second-order valence-corrected chi connectivity index (χ2v) is 6.75. The number of aromatic nitrogens is 2. The Bertz CT molecular complexity index is 914. The van der Waals surface area contributed by atoms with Crippen LogP contribution in [-0.2, 0) is 6.61 Å². The van der Waals surface area contributed by atoms with Gasteiger partial charge in [0.2, 0.25) is 5.95 Å². The number of nitrogens with zero attached hydrogens (tertiary/aromatic N) is 3. The molecule has 0 atom stereocenters. The molecule has 2 N–H and O–H groups in total. The normalized spacial score (nSPS) is 10.6. The summed E-state index contributed by atoms with van der Waals surface area (Å²) in [5.74, 6) is 0.916. The van der Waals surface area contributed by atoms with Crippen LogP contribution in [0.15, 0.2) is 66.9 Å². The summed E-state index contributed by atoms with van der Waals surface area (Å²) in [6.45, 7) is 1.84. The molecule has 2 aromatic carbocycles. The molecule has 0 spiro atoms. The third-order valence-electron chi connectivity index (χ3n) is 4.09. The first-order valence-electron chi connectivity index (χ1n) is 9.40. The highest BCUT2D eigenvalue weighted by molar-refractivity contribution is 5.92. The Kier molecular flexibility index (Phi) is 7.13. The Morgan fingerprint density at radius 1 is 1.03 bits per heavy atom. The molecule has 3 rings (SSSR count). The average molecular weight is 391 g/mol. The zero-order valence-electron chi connectivity index (χ0n) is 16.6. The van der Waals surface area contributed by atoms with E-state index in [0.717, 1.165) is 23.5 Å². The second-order valence-electron chi connectivity index (χ2n) is 6.75. The molecule has 3 aromatic rings. The van der Waals surface area contributed by atoms with Crippen LogP contribution in [0.5, 0.6) is 5.75 Å². The van der Waals surface area contributed by atoms with E-state index in [1.165, 1.54) is 0 Å². The van der Waals surface area contributed by atoms with Crippen molar-refractivity contribution in [2.45, 2.75) is 6.61 Å². The fourth-order valence-electron chi connectivity index (χ4n) is 2.53. The number of rotatable bonds is 9. The minimum absolute atomic E-state index is 0.220. The largest absolute Gasteiger partial charge is 0.489 e. The van der Waals surface area contributed by atoms with Crippen LogP contribution >= 0.6 is 0 Å². The van der Waals surface area contributed by atoms with Crippen molar-refractivity contribution in [3.63, 3.8) is 0 Å². The van der Waals surface area contributed by atoms with Gasteiger partial charge in [0.1, 0.15) is 18.1 Å². The van der Waals surface area contributed by atoms with E-state index in [4.69, 9.17) is 4.74 Å². The Morgan fingerprint density at radius 3 is 2.52 bits per heavy atom. The number of likely N-dealkylation sites (N-methyl/N-ethyl adjacent to an activating group) is 1. The van der Waals surface area contributed by atoms with E-state index in [0.29, 0.717) is 24.8 Å². The summed E-state index contributed by atoms with van der Waals surface area (Å²) in [7, 11) is 3.91. The number of anilines is 2. The maximum atomic E-state index is 12.2. The van der Waals surface area contributed by atoms with E-state index in [-0.39, 0.29) is 5.91 Å². The van der Waals surface area contributed by atoms with Crippen molar-refractivity contribution in [3.8, 4) is 5.75 Å². The average Bonchev–Trinajstić information content (AvgIpc) is 2.74. The van der Waals surface area contributed by atoms with Crippen molar-refractivity contribution < 1.29 is 9.53 Å². The maximum Gasteiger partial charge on any atom is 0.270 e. The summed E-state index contributed by atoms with van der Waals surface area (Å²) in [6.07, 6.45) is 1.56. The molecule has 0 saturated carbocycles. The van der Waals surface area contributed by atoms with Gasteiger partial charge in [-0.1, -0.05) is 30.3 Å². The molecule has 1 amide bonds. The van der Waals surface area contributed by atoms with Gasteiger partial charge in [-0.25, -0.2) is 9.97 Å². The Hall–Kier alpha value is -3.45. The van der Waals surface area contributed by atoms with Gasteiger partial charge in [-0.05, 0) is 50.0 Å². The van der Waals surface area contributed by atoms with Gasteiger partial charge in [0.15, 0.2) is 0 Å². The lowest BCUT2D eigenvalue weighted by molar-refractivity contribution is 0.0946. The lowest BCUT2D eigenvalue weighted by Gasteiger charge is -2.11. The first-order chi connectivity index (χ1) is 14.1. The molecule has 0 aliphatic rings. The number of benzene rings is 2. The second kappa shape index (κ2) is 10.2. The molecular formula is C22H25N5O2. The van der Waals surface area contributed by atoms with Gasteiger partial charge < -0.3 is 20.3 Å². The minimum atomic E-state index is -0.220. The highest BCUT2D eigenvalue weighted by Gasteiger charge is 2.09. The quantitative estimate of drug-likeness (QED) is 0.584. The molecule has 0 saturated heterocycles. The predicted octanol–water partition coefficient (Wildman–Crippen LogP) is 3.09. The lowest BCUT2D eigenvalue weighted by atomic mass is 10.2. The summed E-state index contributed by atoms with van der Waals surface area (Å²) in [5, 5.41) is 5.95. The number of carbonyl (C=O) groups is 1. The molecule has 7 heteroatoms. The Balaban J connectivity index is 1.55. The summed E-state index contributed by atoms with van der Waals surface area (Å²) in [4.78, 5) is 22.7. The van der Waals surface area contributed by atoms with Gasteiger partial charge in [0.25, 0.3) is 5.91 Å². The monoisotopic (exact) mass is 391 g/mol. The maximum absolute atomic E-state index is 12.2. The van der Waals surface area contributed by atoms with E-state index in [1.54, 1.807) is 12.3 Å². The van der Waals surface area contributed by atoms with Crippen LogP contribution in [-0.4, -0.2) is 48.0 Å². The predicted molar refractivity (Wildman–Crippen MR) is 113 cm³/mol. The minimum Gasteiger partial charge on any atom is -0.489 e. The van der Waals surface area contributed by atoms with Crippen molar-refractivity contribution in [1.29, 1.82) is 0 Å². The zero-order valence-corrected chi connectivity index (χ0v) is 16.6. The van der Waals surface area contributed by atoms with Gasteiger partial charge in [0, 0.05) is 25.0 Å². The SMILES string of the molecule is CN(C)CCNC(=O)c1ccnc(Nc2ccc(OCc3ccccc3)cc2)n1. The van der Waals surface area contributed by atoms with Gasteiger partial charge >= 0.3 is 0 Å². The fourth-order valence-corrected chi connectivity index (χ4v) is 2.53. The van der Waals surface area contributed by atoms with Crippen LogP contribution in [0, 0.1) is 0 Å². The van der Waals surface area contributed by atoms with Crippen molar-refractivity contribution in [3.05, 3.63) is 78.1 Å². The molecule has 0 fully saturated rings. The summed E-state index contributed by atoms with van der Waals surface area (Å²) < 4.78 is 5.79. The van der Waals surface area contributed by atoms with Gasteiger partial charge in [-0.3, -0.25) is 4.79 Å². The highest BCUT2D eigenvalue weighted by atomic mass is 16.5. The van der Waals surface area contributed by atoms with Crippen LogP contribution in [0.2, 0.25) is 0 Å². The number of amides is 1. The molecule has 0 aliphatic heterocycles. The summed E-state index contributed by atoms with van der Waals surface area (Å²) in [5.41, 5.74) is 2.25. The molecule has 0 bridgehead atoms. The third kappa shape index (κ3) is 6.58. The first kappa shape index (κ1) is 20.3. The summed E-state index contributed by atoms with van der Waals surface area (Å²) >= 11 is 0. The van der Waals surface area contributed by atoms with Crippen molar-refractivity contribution in [2.75, 3.05) is 32.5 Å². The van der Waals surface area contributed by atoms with E-state index >= 15 is 0 Å². The lowest BCUT2D eigenvalue weighted by Crippen LogP contribution is -2.31. The van der Waals surface area contributed by atoms with Crippen LogP contribution in [0.25, 0.3) is 0 Å². The Morgan fingerprint density at radius 2 is 1.79 bits per heavy atom. The molecular weight excluding hydrogens is 366 g/mol. The van der Waals surface area contributed by atoms with E-state index in [2.05, 4.69) is 20.6 Å². The molecule has 0 aliphatic carbocycles. The number of carbonyl (C=O) groups excluding carboxylic acids is 1. The molecule has 0 unspecified atom stereocenters. The molecule has 1 aromatic heterocycles. The zero-order chi connectivity index (χ0) is 20.5. The van der Waals surface area contributed by atoms with Gasteiger partial charge in [-0.2, -0.15) is 0 Å². The van der Waals surface area contributed by atoms with Crippen LogP contribution in [0.3, 0.4) is 0 Å². The summed E-state index contributed by atoms with van der Waals surface area (Å²) in [6, 6.07) is 19.1. The van der Waals surface area contributed by atoms with E-state index < -0.39 is 0 Å². The molecule has 7 nitrogen and oxygen atoms in total. The molecule has 1 heterocycles. The number of nitrogens with one attached hydrogen (secondary N) is 2. The third-order valence-corrected chi connectivity index (χ3v) is 4.09. The molecule has 150 valence electrons. The van der Waals surface area contributed by atoms with Crippen LogP contribution < -0.4 is 15.4 Å². The van der Waals surface area contributed by atoms with Gasteiger partial charge in [-0.15, -0.1) is 0 Å². The molecule has 0 radical (unpaired) electrons. The Labute approximate surface area is 170 Å². The standard InChI is InChI=1S/C22H25N5O2/c1-27(2)15-14-23-21(28)20-12-13-24-22(26-20)25-18-8-10-19(11-9-18)29-16-17-6-4-3-5-7-17/h3-13H,14-16H2,1-2H3,(H,23,28)(H,24,25,26). The van der Waals surface area contributed by atoms with Crippen LogP contribution in [0.4, 0.5) is 11.6 Å². The molecule has 29 heavy (non-hydrogen) atoms. The van der Waals surface area contributed by atoms with E-state index in [1.807, 2.05) is 73.6 Å². The van der Waals surface area contributed by atoms with E-state index in [9.17, 15) is 4.79 Å². The number of ether oxygens (including phenoxy) is 1. The van der Waals surface area contributed by atoms with Crippen LogP contribution in [0.1, 0.15) is 16.1 Å². The number of hydrogen-bond donors (Lipinski definition) is 2. The first-order valence-corrected chi connectivity index (χ1v) is 9.40. The highest BCUT2D eigenvalue weighted by Crippen LogP contribution is 2.19. The van der Waals surface area contributed by atoms with Gasteiger partial charge in [0.05, 0.1) is 0 Å². The topological polar surface area (TPSA) is 79.4 Å². The smallest absolute Gasteiger partial charge is 0.270 e. The fraction of sp³-hybridized carbons (Fsp3) is 0.227. The van der Waals surface area contributed by atoms with Crippen molar-refractivity contribution in [2.24, 2.45) is 0 Å². The van der Waals surface area contributed by atoms with Crippen molar-refractivity contribution >= 4 is 17.5 Å².